The van der Waals surface area contributed by atoms with Gasteiger partial charge in [0.1, 0.15) is 17.6 Å². The van der Waals surface area contributed by atoms with Gasteiger partial charge in [-0.15, -0.1) is 11.3 Å². The van der Waals surface area contributed by atoms with Crippen LogP contribution in [0.25, 0.3) is 0 Å². The van der Waals surface area contributed by atoms with Gasteiger partial charge in [0.25, 0.3) is 5.91 Å². The molecule has 160 valence electrons. The van der Waals surface area contributed by atoms with Crippen molar-refractivity contribution in [2.45, 2.75) is 18.9 Å². The molecule has 0 saturated carbocycles. The first-order valence-corrected chi connectivity index (χ1v) is 10.6. The predicted octanol–water partition coefficient (Wildman–Crippen LogP) is 3.54. The van der Waals surface area contributed by atoms with Gasteiger partial charge in [-0.3, -0.25) is 9.59 Å². The SMILES string of the molecule is NC(=O)CCN(CC(=O)N1N=C(c2cccs2)CC1c1ccco1)c1ccc(F)cc1. The molecule has 4 rings (SSSR count). The first kappa shape index (κ1) is 20.8. The van der Waals surface area contributed by atoms with Gasteiger partial charge in [0.05, 0.1) is 23.4 Å². The number of nitrogens with zero attached hydrogens (tertiary/aromatic N) is 3. The smallest absolute Gasteiger partial charge is 0.262 e. The van der Waals surface area contributed by atoms with Gasteiger partial charge in [0, 0.05) is 25.1 Å². The molecule has 2 N–H and O–H groups in total. The Balaban J connectivity index is 1.59. The summed E-state index contributed by atoms with van der Waals surface area (Å²) in [5.74, 6) is -0.476. The Morgan fingerprint density at radius 3 is 2.68 bits per heavy atom. The molecule has 3 heterocycles. The van der Waals surface area contributed by atoms with Crippen molar-refractivity contribution in [1.82, 2.24) is 5.01 Å². The first-order chi connectivity index (χ1) is 15.0. The minimum Gasteiger partial charge on any atom is -0.467 e. The summed E-state index contributed by atoms with van der Waals surface area (Å²) in [5, 5.41) is 8.00. The zero-order chi connectivity index (χ0) is 21.8. The Labute approximate surface area is 182 Å². The third-order valence-corrected chi connectivity index (χ3v) is 5.91. The fourth-order valence-corrected chi connectivity index (χ4v) is 4.19. The molecule has 0 spiro atoms. The van der Waals surface area contributed by atoms with E-state index in [1.807, 2.05) is 23.6 Å². The summed E-state index contributed by atoms with van der Waals surface area (Å²) < 4.78 is 18.9. The van der Waals surface area contributed by atoms with E-state index in [9.17, 15) is 14.0 Å². The van der Waals surface area contributed by atoms with Crippen LogP contribution >= 0.6 is 11.3 Å². The van der Waals surface area contributed by atoms with Gasteiger partial charge in [-0.05, 0) is 47.8 Å². The van der Waals surface area contributed by atoms with Crippen LogP contribution in [0.2, 0.25) is 0 Å². The number of nitrogens with two attached hydrogens (primary N) is 1. The number of halogens is 1. The normalized spacial score (nSPS) is 15.7. The van der Waals surface area contributed by atoms with E-state index in [-0.39, 0.29) is 37.3 Å². The van der Waals surface area contributed by atoms with Crippen LogP contribution in [0.4, 0.5) is 10.1 Å². The minimum absolute atomic E-state index is 0.0443. The number of hydrogen-bond acceptors (Lipinski definition) is 6. The average Bonchev–Trinajstić information content (AvgIpc) is 3.52. The molecule has 2 amide bonds. The molecule has 0 aliphatic carbocycles. The summed E-state index contributed by atoms with van der Waals surface area (Å²) in [7, 11) is 0. The van der Waals surface area contributed by atoms with E-state index in [1.54, 1.807) is 40.7 Å². The van der Waals surface area contributed by atoms with Crippen LogP contribution in [-0.4, -0.2) is 35.6 Å². The van der Waals surface area contributed by atoms with Gasteiger partial charge in [0.2, 0.25) is 5.91 Å². The van der Waals surface area contributed by atoms with Crippen molar-refractivity contribution < 1.29 is 18.4 Å². The molecule has 31 heavy (non-hydrogen) atoms. The number of primary amides is 1. The quantitative estimate of drug-likeness (QED) is 0.580. The molecule has 3 aromatic rings. The molecule has 1 atom stereocenters. The van der Waals surface area contributed by atoms with Gasteiger partial charge in [-0.25, -0.2) is 9.40 Å². The van der Waals surface area contributed by atoms with Crippen molar-refractivity contribution in [3.05, 3.63) is 76.6 Å². The van der Waals surface area contributed by atoms with E-state index in [4.69, 9.17) is 10.2 Å². The molecule has 0 bridgehead atoms. The molecule has 7 nitrogen and oxygen atoms in total. The molecule has 0 radical (unpaired) electrons. The van der Waals surface area contributed by atoms with Gasteiger partial charge in [-0.2, -0.15) is 5.10 Å². The fraction of sp³-hybridized carbons (Fsp3) is 0.227. The Morgan fingerprint density at radius 2 is 2.03 bits per heavy atom. The number of anilines is 1. The van der Waals surface area contributed by atoms with E-state index in [0.29, 0.717) is 17.9 Å². The van der Waals surface area contributed by atoms with Crippen molar-refractivity contribution in [3.8, 4) is 0 Å². The molecule has 0 saturated heterocycles. The van der Waals surface area contributed by atoms with E-state index >= 15 is 0 Å². The molecule has 1 aliphatic heterocycles. The Bertz CT molecular complexity index is 1060. The van der Waals surface area contributed by atoms with Crippen LogP contribution < -0.4 is 10.6 Å². The van der Waals surface area contributed by atoms with Gasteiger partial charge >= 0.3 is 0 Å². The minimum atomic E-state index is -0.479. The third-order valence-electron chi connectivity index (χ3n) is 4.99. The molecular formula is C22H21FN4O3S. The van der Waals surface area contributed by atoms with Crippen molar-refractivity contribution in [2.24, 2.45) is 10.8 Å². The second-order valence-electron chi connectivity index (χ2n) is 7.11. The molecule has 1 unspecified atom stereocenters. The lowest BCUT2D eigenvalue weighted by Gasteiger charge is -2.27. The summed E-state index contributed by atoms with van der Waals surface area (Å²) in [5.41, 5.74) is 6.73. The fourth-order valence-electron chi connectivity index (χ4n) is 3.47. The highest BCUT2D eigenvalue weighted by molar-refractivity contribution is 7.12. The number of amides is 2. The lowest BCUT2D eigenvalue weighted by molar-refractivity contribution is -0.132. The van der Waals surface area contributed by atoms with Crippen LogP contribution in [0.1, 0.15) is 29.5 Å². The van der Waals surface area contributed by atoms with E-state index in [0.717, 1.165) is 10.6 Å². The van der Waals surface area contributed by atoms with Crippen LogP contribution in [0.3, 0.4) is 0 Å². The number of hydrogen-bond donors (Lipinski definition) is 1. The standard InChI is InChI=1S/C22H21FN4O3S/c23-15-5-7-16(8-6-15)26(10-9-21(24)28)14-22(29)27-18(19-3-1-11-30-19)13-17(25-27)20-4-2-12-31-20/h1-8,11-12,18H,9-10,13-14H2,(H2,24,28). The molecule has 1 aliphatic rings. The van der Waals surface area contributed by atoms with E-state index in [1.165, 1.54) is 17.1 Å². The molecule has 9 heteroatoms. The summed E-state index contributed by atoms with van der Waals surface area (Å²) >= 11 is 1.56. The maximum absolute atomic E-state index is 13.4. The van der Waals surface area contributed by atoms with Gasteiger partial charge in [-0.1, -0.05) is 6.07 Å². The monoisotopic (exact) mass is 440 g/mol. The molecule has 1 aromatic carbocycles. The van der Waals surface area contributed by atoms with Crippen LogP contribution in [-0.2, 0) is 9.59 Å². The van der Waals surface area contributed by atoms with E-state index < -0.39 is 5.91 Å². The summed E-state index contributed by atoms with van der Waals surface area (Å²) in [6, 6.07) is 12.9. The van der Waals surface area contributed by atoms with Crippen molar-refractivity contribution in [2.75, 3.05) is 18.0 Å². The second kappa shape index (κ2) is 9.13. The molecule has 2 aromatic heterocycles. The van der Waals surface area contributed by atoms with Crippen molar-refractivity contribution in [1.29, 1.82) is 0 Å². The Hall–Kier alpha value is -3.46. The van der Waals surface area contributed by atoms with Crippen LogP contribution in [0.15, 0.2) is 69.7 Å². The number of rotatable bonds is 8. The largest absolute Gasteiger partial charge is 0.467 e. The summed E-state index contributed by atoms with van der Waals surface area (Å²) in [4.78, 5) is 27.3. The third kappa shape index (κ3) is 4.83. The number of hydrazone groups is 1. The highest BCUT2D eigenvalue weighted by Gasteiger charge is 2.35. The van der Waals surface area contributed by atoms with Crippen LogP contribution in [0.5, 0.6) is 0 Å². The zero-order valence-electron chi connectivity index (χ0n) is 16.6. The van der Waals surface area contributed by atoms with Crippen molar-refractivity contribution in [3.63, 3.8) is 0 Å². The molecular weight excluding hydrogens is 419 g/mol. The number of benzene rings is 1. The zero-order valence-corrected chi connectivity index (χ0v) is 17.4. The maximum Gasteiger partial charge on any atom is 0.262 e. The second-order valence-corrected chi connectivity index (χ2v) is 8.06. The number of carbonyl (C=O) groups is 2. The Morgan fingerprint density at radius 1 is 1.23 bits per heavy atom. The Kier molecular flexibility index (Phi) is 6.13. The van der Waals surface area contributed by atoms with Gasteiger partial charge < -0.3 is 15.1 Å². The van der Waals surface area contributed by atoms with Crippen LogP contribution in [0, 0.1) is 5.82 Å². The first-order valence-electron chi connectivity index (χ1n) is 9.77. The number of thiophene rings is 1. The van der Waals surface area contributed by atoms with Gasteiger partial charge in [0.15, 0.2) is 0 Å². The predicted molar refractivity (Wildman–Crippen MR) is 116 cm³/mol. The maximum atomic E-state index is 13.4. The highest BCUT2D eigenvalue weighted by atomic mass is 32.1. The summed E-state index contributed by atoms with van der Waals surface area (Å²) in [6.45, 7) is 0.185. The lowest BCUT2D eigenvalue weighted by Crippen LogP contribution is -2.39. The highest BCUT2D eigenvalue weighted by Crippen LogP contribution is 2.34. The number of furan rings is 1. The lowest BCUT2D eigenvalue weighted by atomic mass is 10.1. The van der Waals surface area contributed by atoms with E-state index in [2.05, 4.69) is 5.10 Å². The topological polar surface area (TPSA) is 92.1 Å². The average molecular weight is 441 g/mol. The summed E-state index contributed by atoms with van der Waals surface area (Å²) in [6.07, 6.45) is 2.17. The van der Waals surface area contributed by atoms with Crippen molar-refractivity contribution >= 4 is 34.6 Å². The number of carbonyl (C=O) groups excluding carboxylic acids is 2. The molecule has 0 fully saturated rings.